The molecule has 2 heterocycles. The highest BCUT2D eigenvalue weighted by molar-refractivity contribution is 6.43. The maximum atomic E-state index is 9.39. The summed E-state index contributed by atoms with van der Waals surface area (Å²) in [5.41, 5.74) is 3.60. The number of aromatic nitrogens is 3. The lowest BCUT2D eigenvalue weighted by Gasteiger charge is -2.12. The third-order valence-electron chi connectivity index (χ3n) is 4.53. The molecule has 0 fully saturated rings. The number of rotatable bonds is 3. The summed E-state index contributed by atoms with van der Waals surface area (Å²) in [5, 5.41) is 11.5. The zero-order chi connectivity index (χ0) is 19.1. The molecule has 0 bridgehead atoms. The summed E-state index contributed by atoms with van der Waals surface area (Å²) < 4.78 is 1.84. The van der Waals surface area contributed by atoms with Crippen LogP contribution in [0, 0.1) is 0 Å². The van der Waals surface area contributed by atoms with E-state index in [0.29, 0.717) is 26.3 Å². The molecule has 0 aliphatic rings. The monoisotopic (exact) mass is 417 g/mol. The number of fused-ring (bicyclic) bond motifs is 1. The first-order valence-corrected chi connectivity index (χ1v) is 9.30. The van der Waals surface area contributed by atoms with Gasteiger partial charge in [0.1, 0.15) is 11.0 Å². The molecule has 7 heteroatoms. The topological polar surface area (TPSA) is 50.9 Å². The average Bonchev–Trinajstić information content (AvgIpc) is 3.03. The van der Waals surface area contributed by atoms with Gasteiger partial charge in [0, 0.05) is 34.1 Å². The molecule has 1 N–H and O–H groups in total. The van der Waals surface area contributed by atoms with Gasteiger partial charge < -0.3 is 9.67 Å². The van der Waals surface area contributed by atoms with Crippen LogP contribution in [0.3, 0.4) is 0 Å². The van der Waals surface area contributed by atoms with E-state index in [-0.39, 0.29) is 6.61 Å². The highest BCUT2D eigenvalue weighted by atomic mass is 35.5. The molecule has 0 amide bonds. The van der Waals surface area contributed by atoms with Gasteiger partial charge in [0.15, 0.2) is 0 Å². The molecule has 2 aromatic heterocycles. The molecule has 0 atom stereocenters. The number of imidazole rings is 1. The van der Waals surface area contributed by atoms with Crippen molar-refractivity contribution in [3.8, 4) is 22.5 Å². The van der Waals surface area contributed by atoms with E-state index >= 15 is 0 Å². The van der Waals surface area contributed by atoms with Crippen LogP contribution in [0.2, 0.25) is 15.2 Å². The van der Waals surface area contributed by atoms with E-state index in [1.54, 1.807) is 12.3 Å². The van der Waals surface area contributed by atoms with E-state index in [9.17, 15) is 5.11 Å². The summed E-state index contributed by atoms with van der Waals surface area (Å²) in [7, 11) is 1.86. The van der Waals surface area contributed by atoms with Crippen molar-refractivity contribution in [1.82, 2.24) is 14.5 Å². The van der Waals surface area contributed by atoms with Crippen LogP contribution in [0.4, 0.5) is 0 Å². The minimum absolute atomic E-state index is 0.0777. The summed E-state index contributed by atoms with van der Waals surface area (Å²) in [6.45, 7) is -0.0777. The van der Waals surface area contributed by atoms with Gasteiger partial charge >= 0.3 is 0 Å². The number of halogens is 3. The van der Waals surface area contributed by atoms with Crippen LogP contribution in [0.15, 0.2) is 48.7 Å². The molecule has 0 saturated carbocycles. The smallest absolute Gasteiger partial charge is 0.139 e. The Morgan fingerprint density at radius 3 is 2.56 bits per heavy atom. The first-order valence-electron chi connectivity index (χ1n) is 8.16. The Kier molecular flexibility index (Phi) is 4.82. The molecule has 2 aromatic carbocycles. The number of aliphatic hydroxyl groups is 1. The molecule has 0 aliphatic heterocycles. The fourth-order valence-corrected chi connectivity index (χ4v) is 4.00. The van der Waals surface area contributed by atoms with Crippen molar-refractivity contribution in [2.24, 2.45) is 7.05 Å². The van der Waals surface area contributed by atoms with Gasteiger partial charge in [0.05, 0.1) is 29.0 Å². The average molecular weight is 419 g/mol. The van der Waals surface area contributed by atoms with E-state index in [0.717, 1.165) is 28.0 Å². The number of hydrogen-bond acceptors (Lipinski definition) is 3. The largest absolute Gasteiger partial charge is 0.390 e. The second kappa shape index (κ2) is 7.13. The lowest BCUT2D eigenvalue weighted by molar-refractivity contribution is 0.273. The van der Waals surface area contributed by atoms with E-state index in [1.165, 1.54) is 0 Å². The van der Waals surface area contributed by atoms with Crippen molar-refractivity contribution in [2.45, 2.75) is 6.61 Å². The fourth-order valence-electron chi connectivity index (χ4n) is 3.09. The standard InChI is InChI=1S/C20H14Cl3N3O/c1-26-12(10-27)9-24-20(26)11-6-7-16-14(8-11)18(22)17(19(23)25-16)13-4-2-3-5-15(13)21/h2-9,27H,10H2,1H3. The maximum absolute atomic E-state index is 9.39. The minimum Gasteiger partial charge on any atom is -0.390 e. The van der Waals surface area contributed by atoms with Crippen LogP contribution in [-0.4, -0.2) is 19.6 Å². The number of pyridine rings is 1. The summed E-state index contributed by atoms with van der Waals surface area (Å²) in [4.78, 5) is 8.89. The SMILES string of the molecule is Cn1c(CO)cnc1-c1ccc2nc(Cl)c(-c3ccccc3Cl)c(Cl)c2c1. The highest BCUT2D eigenvalue weighted by Gasteiger charge is 2.18. The van der Waals surface area contributed by atoms with Gasteiger partial charge in [-0.25, -0.2) is 9.97 Å². The Balaban J connectivity index is 1.96. The summed E-state index contributed by atoms with van der Waals surface area (Å²) in [6.07, 6.45) is 1.65. The van der Waals surface area contributed by atoms with Gasteiger partial charge in [-0.1, -0.05) is 53.0 Å². The Morgan fingerprint density at radius 1 is 1.07 bits per heavy atom. The van der Waals surface area contributed by atoms with Crippen molar-refractivity contribution in [3.05, 3.63) is 69.6 Å². The zero-order valence-electron chi connectivity index (χ0n) is 14.2. The summed E-state index contributed by atoms with van der Waals surface area (Å²) >= 11 is 19.5. The molecular formula is C20H14Cl3N3O. The Hall–Kier alpha value is -2.11. The third kappa shape index (κ3) is 3.09. The lowest BCUT2D eigenvalue weighted by atomic mass is 10.0. The fraction of sp³-hybridized carbons (Fsp3) is 0.100. The second-order valence-electron chi connectivity index (χ2n) is 6.09. The normalized spacial score (nSPS) is 11.3. The number of hydrogen-bond donors (Lipinski definition) is 1. The summed E-state index contributed by atoms with van der Waals surface area (Å²) in [5.74, 6) is 0.728. The van der Waals surface area contributed by atoms with E-state index < -0.39 is 0 Å². The van der Waals surface area contributed by atoms with E-state index in [2.05, 4.69) is 9.97 Å². The van der Waals surface area contributed by atoms with Crippen LogP contribution < -0.4 is 0 Å². The van der Waals surface area contributed by atoms with Gasteiger partial charge in [-0.2, -0.15) is 0 Å². The van der Waals surface area contributed by atoms with Crippen LogP contribution >= 0.6 is 34.8 Å². The molecule has 0 radical (unpaired) electrons. The molecular weight excluding hydrogens is 405 g/mol. The van der Waals surface area contributed by atoms with Gasteiger partial charge in [-0.3, -0.25) is 0 Å². The first-order chi connectivity index (χ1) is 13.0. The minimum atomic E-state index is -0.0777. The van der Waals surface area contributed by atoms with Crippen molar-refractivity contribution in [1.29, 1.82) is 0 Å². The van der Waals surface area contributed by atoms with Crippen LogP contribution in [0.5, 0.6) is 0 Å². The number of aliphatic hydroxyl groups excluding tert-OH is 1. The Labute approximate surface area is 171 Å². The molecule has 4 rings (SSSR count). The maximum Gasteiger partial charge on any atom is 0.139 e. The Bertz CT molecular complexity index is 1170. The molecule has 27 heavy (non-hydrogen) atoms. The van der Waals surface area contributed by atoms with Crippen LogP contribution in [0.25, 0.3) is 33.4 Å². The predicted molar refractivity (Wildman–Crippen MR) is 110 cm³/mol. The molecule has 0 spiro atoms. The Morgan fingerprint density at radius 2 is 1.85 bits per heavy atom. The zero-order valence-corrected chi connectivity index (χ0v) is 16.5. The van der Waals surface area contributed by atoms with Crippen molar-refractivity contribution >= 4 is 45.7 Å². The molecule has 0 aliphatic carbocycles. The van der Waals surface area contributed by atoms with Gasteiger partial charge in [0.2, 0.25) is 0 Å². The molecule has 4 nitrogen and oxygen atoms in total. The van der Waals surface area contributed by atoms with Gasteiger partial charge in [-0.05, 0) is 24.3 Å². The molecule has 0 unspecified atom stereocenters. The third-order valence-corrected chi connectivity index (χ3v) is 5.52. The quantitative estimate of drug-likeness (QED) is 0.431. The molecule has 136 valence electrons. The predicted octanol–water partition coefficient (Wildman–Crippen LogP) is 5.75. The highest BCUT2D eigenvalue weighted by Crippen LogP contribution is 2.41. The van der Waals surface area contributed by atoms with E-state index in [1.807, 2.05) is 48.0 Å². The number of benzene rings is 2. The van der Waals surface area contributed by atoms with Crippen LogP contribution in [-0.2, 0) is 13.7 Å². The van der Waals surface area contributed by atoms with Crippen molar-refractivity contribution < 1.29 is 5.11 Å². The van der Waals surface area contributed by atoms with Gasteiger partial charge in [-0.15, -0.1) is 0 Å². The lowest BCUT2D eigenvalue weighted by Crippen LogP contribution is -1.98. The van der Waals surface area contributed by atoms with Gasteiger partial charge in [0.25, 0.3) is 0 Å². The van der Waals surface area contributed by atoms with Crippen LogP contribution in [0.1, 0.15) is 5.69 Å². The second-order valence-corrected chi connectivity index (χ2v) is 7.24. The summed E-state index contributed by atoms with van der Waals surface area (Å²) in [6, 6.07) is 13.0. The molecule has 0 saturated heterocycles. The van der Waals surface area contributed by atoms with Crippen molar-refractivity contribution in [2.75, 3.05) is 0 Å². The van der Waals surface area contributed by atoms with Crippen molar-refractivity contribution in [3.63, 3.8) is 0 Å². The number of nitrogens with zero attached hydrogens (tertiary/aromatic N) is 3. The molecule has 4 aromatic rings. The van der Waals surface area contributed by atoms with E-state index in [4.69, 9.17) is 34.8 Å². The first kappa shape index (κ1) is 18.3.